The molecule has 2 aromatic rings. The number of rotatable bonds is 4. The second kappa shape index (κ2) is 5.36. The van der Waals surface area contributed by atoms with Crippen LogP contribution in [0.2, 0.25) is 0 Å². The monoisotopic (exact) mass is 263 g/mol. The summed E-state index contributed by atoms with van der Waals surface area (Å²) in [6, 6.07) is 12.2. The summed E-state index contributed by atoms with van der Waals surface area (Å²) >= 11 is 0. The Hall–Kier alpha value is -1.94. The van der Waals surface area contributed by atoms with Crippen LogP contribution in [-0.4, -0.2) is 11.7 Å². The Morgan fingerprint density at radius 3 is 2.47 bits per heavy atom. The molecule has 0 amide bonds. The lowest BCUT2D eigenvalue weighted by Gasteiger charge is -2.25. The number of anilines is 1. The minimum atomic E-state index is -1.17. The average molecular weight is 263 g/mol. The Labute approximate surface area is 110 Å². The Balaban J connectivity index is 2.12. The van der Waals surface area contributed by atoms with Crippen LogP contribution in [0.3, 0.4) is 0 Å². The molecule has 2 N–H and O–H groups in total. The zero-order chi connectivity index (χ0) is 13.9. The number of aliphatic hydroxyl groups is 1. The Bertz CT molecular complexity index is 555. The van der Waals surface area contributed by atoms with Crippen molar-refractivity contribution in [3.8, 4) is 0 Å². The first-order valence-corrected chi connectivity index (χ1v) is 5.96. The standard InChI is InChI=1S/C15H15F2NO/c1-15(19,11-5-3-2-4-6-11)10-18-14-9-12(16)7-8-13(14)17/h2-9,18-19H,10H2,1H3. The zero-order valence-corrected chi connectivity index (χ0v) is 10.5. The molecule has 2 rings (SSSR count). The van der Waals surface area contributed by atoms with E-state index in [4.69, 9.17) is 0 Å². The highest BCUT2D eigenvalue weighted by atomic mass is 19.1. The average Bonchev–Trinajstić information content (AvgIpc) is 2.41. The molecule has 0 radical (unpaired) electrons. The van der Waals surface area contributed by atoms with Gasteiger partial charge in [0.2, 0.25) is 0 Å². The van der Waals surface area contributed by atoms with Crippen LogP contribution in [0.4, 0.5) is 14.5 Å². The Kier molecular flexibility index (Phi) is 3.81. The molecule has 19 heavy (non-hydrogen) atoms. The van der Waals surface area contributed by atoms with Gasteiger partial charge in [-0.2, -0.15) is 0 Å². The van der Waals surface area contributed by atoms with Crippen LogP contribution < -0.4 is 5.32 Å². The van der Waals surface area contributed by atoms with Crippen molar-refractivity contribution >= 4 is 5.69 Å². The van der Waals surface area contributed by atoms with Crippen molar-refractivity contribution in [2.75, 3.05) is 11.9 Å². The molecule has 0 heterocycles. The van der Waals surface area contributed by atoms with Crippen LogP contribution >= 0.6 is 0 Å². The molecule has 0 aromatic heterocycles. The molecule has 4 heteroatoms. The highest BCUT2D eigenvalue weighted by Crippen LogP contribution is 2.22. The SMILES string of the molecule is CC(O)(CNc1cc(F)ccc1F)c1ccccc1. The molecule has 0 aliphatic heterocycles. The molecule has 0 saturated heterocycles. The molecule has 1 unspecified atom stereocenters. The van der Waals surface area contributed by atoms with E-state index in [1.165, 1.54) is 0 Å². The molecule has 0 saturated carbocycles. The van der Waals surface area contributed by atoms with E-state index in [9.17, 15) is 13.9 Å². The van der Waals surface area contributed by atoms with Crippen molar-refractivity contribution in [2.24, 2.45) is 0 Å². The van der Waals surface area contributed by atoms with Gasteiger partial charge in [0.25, 0.3) is 0 Å². The Morgan fingerprint density at radius 1 is 1.11 bits per heavy atom. The molecule has 1 atom stereocenters. The number of hydrogen-bond acceptors (Lipinski definition) is 2. The van der Waals surface area contributed by atoms with Gasteiger partial charge in [0, 0.05) is 6.54 Å². The Morgan fingerprint density at radius 2 is 1.79 bits per heavy atom. The lowest BCUT2D eigenvalue weighted by Crippen LogP contribution is -2.30. The van der Waals surface area contributed by atoms with E-state index >= 15 is 0 Å². The normalized spacial score (nSPS) is 13.9. The van der Waals surface area contributed by atoms with E-state index in [2.05, 4.69) is 5.32 Å². The molecular weight excluding hydrogens is 248 g/mol. The summed E-state index contributed by atoms with van der Waals surface area (Å²) in [7, 11) is 0. The zero-order valence-electron chi connectivity index (χ0n) is 10.5. The van der Waals surface area contributed by atoms with Crippen LogP contribution in [-0.2, 0) is 5.60 Å². The maximum atomic E-state index is 13.4. The number of halogens is 2. The van der Waals surface area contributed by atoms with Gasteiger partial charge in [-0.15, -0.1) is 0 Å². The second-order valence-electron chi connectivity index (χ2n) is 4.62. The van der Waals surface area contributed by atoms with E-state index in [1.807, 2.05) is 18.2 Å². The van der Waals surface area contributed by atoms with Crippen LogP contribution in [0.5, 0.6) is 0 Å². The maximum absolute atomic E-state index is 13.4. The first kappa shape index (κ1) is 13.5. The van der Waals surface area contributed by atoms with Gasteiger partial charge in [-0.05, 0) is 30.7 Å². The van der Waals surface area contributed by atoms with Crippen LogP contribution in [0.1, 0.15) is 12.5 Å². The smallest absolute Gasteiger partial charge is 0.146 e. The molecule has 0 spiro atoms. The number of benzene rings is 2. The van der Waals surface area contributed by atoms with E-state index in [-0.39, 0.29) is 12.2 Å². The molecule has 2 nitrogen and oxygen atoms in total. The van der Waals surface area contributed by atoms with E-state index in [0.717, 1.165) is 18.2 Å². The molecule has 0 aliphatic carbocycles. The molecule has 2 aromatic carbocycles. The van der Waals surface area contributed by atoms with Gasteiger partial charge in [0.15, 0.2) is 0 Å². The second-order valence-corrected chi connectivity index (χ2v) is 4.62. The molecule has 100 valence electrons. The van der Waals surface area contributed by atoms with Crippen molar-refractivity contribution in [2.45, 2.75) is 12.5 Å². The summed E-state index contributed by atoms with van der Waals surface area (Å²) < 4.78 is 26.5. The predicted molar refractivity (Wildman–Crippen MR) is 70.9 cm³/mol. The summed E-state index contributed by atoms with van der Waals surface area (Å²) in [6.07, 6.45) is 0. The lowest BCUT2D eigenvalue weighted by atomic mass is 9.96. The largest absolute Gasteiger partial charge is 0.384 e. The highest BCUT2D eigenvalue weighted by Gasteiger charge is 2.22. The van der Waals surface area contributed by atoms with Gasteiger partial charge in [-0.25, -0.2) is 8.78 Å². The number of hydrogen-bond donors (Lipinski definition) is 2. The van der Waals surface area contributed by atoms with Crippen molar-refractivity contribution in [1.29, 1.82) is 0 Å². The third-order valence-corrected chi connectivity index (χ3v) is 2.95. The van der Waals surface area contributed by atoms with Crippen LogP contribution in [0.25, 0.3) is 0 Å². The van der Waals surface area contributed by atoms with Crippen molar-refractivity contribution in [1.82, 2.24) is 0 Å². The van der Waals surface area contributed by atoms with Gasteiger partial charge < -0.3 is 10.4 Å². The van der Waals surface area contributed by atoms with E-state index in [0.29, 0.717) is 5.56 Å². The van der Waals surface area contributed by atoms with E-state index < -0.39 is 17.2 Å². The lowest BCUT2D eigenvalue weighted by molar-refractivity contribution is 0.0714. The molecule has 0 bridgehead atoms. The van der Waals surface area contributed by atoms with Crippen molar-refractivity contribution in [3.63, 3.8) is 0 Å². The fraction of sp³-hybridized carbons (Fsp3) is 0.200. The van der Waals surface area contributed by atoms with Gasteiger partial charge in [0.05, 0.1) is 5.69 Å². The minimum absolute atomic E-state index is 0.0382. The molecule has 0 aliphatic rings. The fourth-order valence-electron chi connectivity index (χ4n) is 1.80. The highest BCUT2D eigenvalue weighted by molar-refractivity contribution is 5.45. The van der Waals surface area contributed by atoms with Gasteiger partial charge >= 0.3 is 0 Å². The third-order valence-electron chi connectivity index (χ3n) is 2.95. The van der Waals surface area contributed by atoms with Crippen molar-refractivity contribution < 1.29 is 13.9 Å². The summed E-state index contributed by atoms with van der Waals surface area (Å²) in [5, 5.41) is 13.1. The quantitative estimate of drug-likeness (QED) is 0.887. The summed E-state index contributed by atoms with van der Waals surface area (Å²) in [5.41, 5.74) is -0.421. The summed E-state index contributed by atoms with van der Waals surface area (Å²) in [4.78, 5) is 0. The maximum Gasteiger partial charge on any atom is 0.146 e. The van der Waals surface area contributed by atoms with Gasteiger partial charge in [0.1, 0.15) is 17.2 Å². The topological polar surface area (TPSA) is 32.3 Å². The summed E-state index contributed by atoms with van der Waals surface area (Å²) in [6.45, 7) is 1.70. The van der Waals surface area contributed by atoms with Crippen molar-refractivity contribution in [3.05, 3.63) is 65.7 Å². The number of nitrogens with one attached hydrogen (secondary N) is 1. The first-order chi connectivity index (χ1) is 8.99. The predicted octanol–water partition coefficient (Wildman–Crippen LogP) is 3.28. The van der Waals surface area contributed by atoms with Crippen LogP contribution in [0.15, 0.2) is 48.5 Å². The summed E-state index contributed by atoms with van der Waals surface area (Å²) in [5.74, 6) is -1.08. The first-order valence-electron chi connectivity index (χ1n) is 5.96. The van der Waals surface area contributed by atoms with Crippen LogP contribution in [0, 0.1) is 11.6 Å². The molecule has 0 fully saturated rings. The van der Waals surface area contributed by atoms with E-state index in [1.54, 1.807) is 19.1 Å². The minimum Gasteiger partial charge on any atom is -0.384 e. The van der Waals surface area contributed by atoms with Gasteiger partial charge in [-0.3, -0.25) is 0 Å². The van der Waals surface area contributed by atoms with Gasteiger partial charge in [-0.1, -0.05) is 30.3 Å². The third kappa shape index (κ3) is 3.29. The molecular formula is C15H15F2NO. The fourth-order valence-corrected chi connectivity index (χ4v) is 1.80.